The third-order valence-electron chi connectivity index (χ3n) is 6.01. The molecule has 9 nitrogen and oxygen atoms in total. The third-order valence-corrected chi connectivity index (χ3v) is 6.35. The van der Waals surface area contributed by atoms with Crippen LogP contribution >= 0.6 is 11.6 Å². The van der Waals surface area contributed by atoms with E-state index >= 15 is 0 Å². The van der Waals surface area contributed by atoms with Gasteiger partial charge in [-0.1, -0.05) is 11.6 Å². The van der Waals surface area contributed by atoms with Crippen LogP contribution in [0.15, 0.2) is 53.3 Å². The Hall–Kier alpha value is -3.64. The zero-order valence-corrected chi connectivity index (χ0v) is 22.0. The normalized spacial score (nSPS) is 18.1. The molecule has 1 aliphatic heterocycles. The number of allylic oxidation sites excluding steroid dienone is 2. The number of carbonyl (C=O) groups excluding carboxylic acids is 1. The molecule has 1 atom stereocenters. The van der Waals surface area contributed by atoms with Crippen molar-refractivity contribution in [3.8, 4) is 11.4 Å². The highest BCUT2D eigenvalue weighted by Gasteiger charge is 2.43. The molecule has 0 radical (unpaired) electrons. The lowest BCUT2D eigenvalue weighted by atomic mass is 10.0. The molecular weight excluding hydrogens is 520 g/mol. The molecule has 0 spiro atoms. The number of aromatic nitrogens is 4. The molecule has 1 aliphatic rings. The molecule has 0 aliphatic carbocycles. The monoisotopic (exact) mass is 543 g/mol. The van der Waals surface area contributed by atoms with Crippen LogP contribution in [0.3, 0.4) is 0 Å². The van der Waals surface area contributed by atoms with Crippen molar-refractivity contribution >= 4 is 23.2 Å². The van der Waals surface area contributed by atoms with Crippen LogP contribution in [-0.4, -0.2) is 30.9 Å². The van der Waals surface area contributed by atoms with E-state index in [1.807, 2.05) is 0 Å². The molecule has 0 fully saturated rings. The van der Waals surface area contributed by atoms with Gasteiger partial charge >= 0.3 is 5.91 Å². The van der Waals surface area contributed by atoms with Gasteiger partial charge in [-0.2, -0.15) is 0 Å². The average Bonchev–Trinajstić information content (AvgIpc) is 2.85. The first-order valence-corrected chi connectivity index (χ1v) is 11.8. The van der Waals surface area contributed by atoms with E-state index in [4.69, 9.17) is 16.3 Å². The molecule has 0 bridgehead atoms. The second-order valence-corrected chi connectivity index (χ2v) is 9.71. The van der Waals surface area contributed by atoms with Crippen LogP contribution < -0.4 is 4.65 Å². The van der Waals surface area contributed by atoms with Crippen LogP contribution in [0, 0.1) is 30.7 Å². The number of nitrogens with zero attached hydrogens (tertiary/aromatic N) is 5. The fourth-order valence-electron chi connectivity index (χ4n) is 4.08. The molecule has 3 aromatic rings. The largest absolute Gasteiger partial charge is 0.614 e. The topological polar surface area (TPSA) is 121 Å². The first kappa shape index (κ1) is 27.4. The van der Waals surface area contributed by atoms with E-state index in [1.165, 1.54) is 25.4 Å². The Balaban J connectivity index is 1.74. The van der Waals surface area contributed by atoms with Crippen LogP contribution in [-0.2, 0) is 21.7 Å². The zero-order valence-electron chi connectivity index (χ0n) is 21.2. The maximum absolute atomic E-state index is 14.3. The molecule has 0 saturated heterocycles. The number of aliphatic hydroxyl groups is 1. The van der Waals surface area contributed by atoms with Crippen molar-refractivity contribution in [2.45, 2.75) is 46.8 Å². The van der Waals surface area contributed by atoms with Crippen LogP contribution in [0.1, 0.15) is 43.4 Å². The highest BCUT2D eigenvalue weighted by atomic mass is 35.5. The molecule has 0 aromatic carbocycles. The molecule has 4 rings (SSSR count). The van der Waals surface area contributed by atoms with E-state index in [0.717, 1.165) is 6.20 Å². The highest BCUT2D eigenvalue weighted by Crippen LogP contribution is 2.42. The van der Waals surface area contributed by atoms with Crippen LogP contribution in [0.5, 0.6) is 0 Å². The summed E-state index contributed by atoms with van der Waals surface area (Å²) in [6.07, 6.45) is 5.05. The van der Waals surface area contributed by atoms with Gasteiger partial charge in [0.2, 0.25) is 0 Å². The molecule has 4 heterocycles. The van der Waals surface area contributed by atoms with E-state index < -0.39 is 39.4 Å². The van der Waals surface area contributed by atoms with Crippen molar-refractivity contribution in [3.05, 3.63) is 92.8 Å². The van der Waals surface area contributed by atoms with Crippen molar-refractivity contribution in [2.75, 3.05) is 0 Å². The van der Waals surface area contributed by atoms with Crippen LogP contribution in [0.2, 0.25) is 0 Å². The van der Waals surface area contributed by atoms with Gasteiger partial charge in [-0.25, -0.2) is 28.2 Å². The highest BCUT2D eigenvalue weighted by molar-refractivity contribution is 6.44. The second kappa shape index (κ2) is 9.91. The Morgan fingerprint density at radius 2 is 1.87 bits per heavy atom. The predicted octanol–water partition coefficient (Wildman–Crippen LogP) is 4.97. The minimum absolute atomic E-state index is 0.0326. The fourth-order valence-corrected chi connectivity index (χ4v) is 4.31. The maximum Gasteiger partial charge on any atom is 0.371 e. The number of aryl methyl sites for hydroxylation is 1. The molecule has 38 heavy (non-hydrogen) atoms. The summed E-state index contributed by atoms with van der Waals surface area (Å²) in [6, 6.07) is 2.24. The average molecular weight is 544 g/mol. The Morgan fingerprint density at radius 1 is 1.16 bits per heavy atom. The first-order valence-electron chi connectivity index (χ1n) is 11.4. The standard InChI is InChI=1S/C26H24ClF2N5O4/c1-13-10-32-22(18-6-7-30-25(33-18)26(4,5)36)15(3)23(13)34(37)14(2)8-20(21(27)24(34)35)38-12-19-17(29)9-16(28)11-31-19/h6-11,36H,12H2,1-5H3. The van der Waals surface area contributed by atoms with Crippen molar-refractivity contribution in [3.63, 3.8) is 0 Å². The van der Waals surface area contributed by atoms with Gasteiger partial charge in [0.25, 0.3) is 0 Å². The smallest absolute Gasteiger partial charge is 0.371 e. The number of hydrogen-bond donors (Lipinski definition) is 1. The number of rotatable bonds is 6. The molecule has 198 valence electrons. The molecular formula is C26H24ClF2N5O4. The maximum atomic E-state index is 14.3. The number of amides is 1. The van der Waals surface area contributed by atoms with Crippen LogP contribution in [0.4, 0.5) is 14.5 Å². The molecule has 1 unspecified atom stereocenters. The molecule has 3 aromatic heterocycles. The van der Waals surface area contributed by atoms with Gasteiger partial charge in [0.15, 0.2) is 28.1 Å². The summed E-state index contributed by atoms with van der Waals surface area (Å²) in [6.45, 7) is 7.38. The van der Waals surface area contributed by atoms with Gasteiger partial charge in [0.1, 0.15) is 29.4 Å². The predicted molar refractivity (Wildman–Crippen MR) is 136 cm³/mol. The summed E-state index contributed by atoms with van der Waals surface area (Å²) in [5.74, 6) is -2.76. The number of pyridine rings is 2. The SMILES string of the molecule is CC1=CC(OCc2ncc(F)cc2F)=C(Cl)C(=O)[N+]1([O-])c1c(C)cnc(-c2ccnc(C(C)(C)O)n2)c1C. The lowest BCUT2D eigenvalue weighted by Gasteiger charge is -2.42. The Morgan fingerprint density at radius 3 is 2.53 bits per heavy atom. The van der Waals surface area contributed by atoms with Crippen LogP contribution in [0.25, 0.3) is 11.4 Å². The quantitative estimate of drug-likeness (QED) is 0.341. The Labute approximate surface area is 222 Å². The molecule has 0 saturated carbocycles. The van der Waals surface area contributed by atoms with Gasteiger partial charge in [-0.15, -0.1) is 0 Å². The third kappa shape index (κ3) is 4.81. The number of hydroxylamine groups is 2. The number of hydrogen-bond acceptors (Lipinski definition) is 8. The van der Waals surface area contributed by atoms with Gasteiger partial charge in [-0.05, 0) is 33.8 Å². The summed E-state index contributed by atoms with van der Waals surface area (Å²) >= 11 is 6.30. The molecule has 1 N–H and O–H groups in total. The summed E-state index contributed by atoms with van der Waals surface area (Å²) in [5, 5.41) is 24.1. The number of halogens is 3. The lowest BCUT2D eigenvalue weighted by molar-refractivity contribution is -0.122. The van der Waals surface area contributed by atoms with Gasteiger partial charge in [0, 0.05) is 42.6 Å². The summed E-state index contributed by atoms with van der Waals surface area (Å²) in [5.41, 5.74) is 0.119. The fraction of sp³-hybridized carbons (Fsp3) is 0.269. The number of ether oxygens (including phenoxy) is 1. The van der Waals surface area contributed by atoms with Crippen molar-refractivity contribution in [1.82, 2.24) is 24.6 Å². The lowest BCUT2D eigenvalue weighted by Crippen LogP contribution is -2.50. The summed E-state index contributed by atoms with van der Waals surface area (Å²) < 4.78 is 31.1. The minimum atomic E-state index is -1.54. The Bertz CT molecular complexity index is 1520. The number of quaternary nitrogens is 1. The van der Waals surface area contributed by atoms with E-state index in [1.54, 1.807) is 33.8 Å². The Kier molecular flexibility index (Phi) is 7.15. The minimum Gasteiger partial charge on any atom is -0.614 e. The molecule has 1 amide bonds. The van der Waals surface area contributed by atoms with E-state index in [-0.39, 0.29) is 28.7 Å². The van der Waals surface area contributed by atoms with Gasteiger partial charge in [-0.3, -0.25) is 9.97 Å². The molecule has 12 heteroatoms. The van der Waals surface area contributed by atoms with E-state index in [0.29, 0.717) is 28.6 Å². The van der Waals surface area contributed by atoms with E-state index in [9.17, 15) is 23.9 Å². The zero-order chi connectivity index (χ0) is 28.0. The van der Waals surface area contributed by atoms with Crippen molar-refractivity contribution in [1.29, 1.82) is 0 Å². The van der Waals surface area contributed by atoms with Crippen molar-refractivity contribution in [2.24, 2.45) is 0 Å². The van der Waals surface area contributed by atoms with Crippen molar-refractivity contribution < 1.29 is 23.4 Å². The summed E-state index contributed by atoms with van der Waals surface area (Å²) in [4.78, 5) is 30.0. The summed E-state index contributed by atoms with van der Waals surface area (Å²) in [7, 11) is 0. The number of carbonyl (C=O) groups is 1. The second-order valence-electron chi connectivity index (χ2n) is 9.34. The first-order chi connectivity index (χ1) is 17.7. The van der Waals surface area contributed by atoms with Gasteiger partial charge < -0.3 is 15.1 Å². The van der Waals surface area contributed by atoms with E-state index in [2.05, 4.69) is 19.9 Å². The van der Waals surface area contributed by atoms with Gasteiger partial charge in [0.05, 0.1) is 17.6 Å².